The fraction of sp³-hybridized carbons (Fsp3) is 0.259. The Balaban J connectivity index is 1.33. The smallest absolute Gasteiger partial charge is 0.309 e. The van der Waals surface area contributed by atoms with Gasteiger partial charge in [0, 0.05) is 12.7 Å². The number of amides is 2. The Morgan fingerprint density at radius 2 is 1.72 bits per heavy atom. The number of carbonyl (C=O) groups is 2. The number of carbonyl (C=O) groups excluding carboxylic acids is 2. The van der Waals surface area contributed by atoms with Crippen LogP contribution in [0.25, 0.3) is 16.9 Å². The van der Waals surface area contributed by atoms with Gasteiger partial charge in [0.2, 0.25) is 0 Å². The summed E-state index contributed by atoms with van der Waals surface area (Å²) < 4.78 is 13.1. The highest BCUT2D eigenvalue weighted by atomic mass is 16.5. The van der Waals surface area contributed by atoms with Crippen molar-refractivity contribution in [3.8, 4) is 17.3 Å². The quantitative estimate of drug-likeness (QED) is 0.349. The minimum Gasteiger partial charge on any atom is -0.490 e. The Kier molecular flexibility index (Phi) is 7.79. The number of aromatic nitrogens is 3. The maximum atomic E-state index is 12.5. The largest absolute Gasteiger partial charge is 0.490 e. The van der Waals surface area contributed by atoms with Crippen molar-refractivity contribution in [3.63, 3.8) is 0 Å². The topological polar surface area (TPSA) is 107 Å². The monoisotopic (exact) mass is 487 g/mol. The highest BCUT2D eigenvalue weighted by Gasteiger charge is 2.18. The van der Waals surface area contributed by atoms with E-state index in [0.717, 1.165) is 22.2 Å². The number of rotatable bonds is 9. The van der Waals surface area contributed by atoms with E-state index in [1.54, 1.807) is 25.5 Å². The van der Waals surface area contributed by atoms with Crippen LogP contribution in [0.5, 0.6) is 11.5 Å². The summed E-state index contributed by atoms with van der Waals surface area (Å²) in [5, 5.41) is 5.37. The lowest BCUT2D eigenvalue weighted by Gasteiger charge is -2.17. The Morgan fingerprint density at radius 1 is 0.944 bits per heavy atom. The van der Waals surface area contributed by atoms with Gasteiger partial charge in [-0.2, -0.15) is 0 Å². The first-order chi connectivity index (χ1) is 17.5. The molecule has 0 aliphatic carbocycles. The molecule has 2 amide bonds. The van der Waals surface area contributed by atoms with E-state index in [9.17, 15) is 9.59 Å². The summed E-state index contributed by atoms with van der Waals surface area (Å²) in [5.41, 5.74) is 3.41. The highest BCUT2D eigenvalue weighted by Crippen LogP contribution is 2.30. The van der Waals surface area contributed by atoms with Crippen molar-refractivity contribution >= 4 is 22.8 Å². The van der Waals surface area contributed by atoms with Gasteiger partial charge in [0.05, 0.1) is 30.3 Å². The maximum Gasteiger partial charge on any atom is 0.309 e. The lowest BCUT2D eigenvalue weighted by atomic mass is 10.1. The fourth-order valence-electron chi connectivity index (χ4n) is 3.75. The summed E-state index contributed by atoms with van der Waals surface area (Å²) in [4.78, 5) is 33.7. The zero-order valence-corrected chi connectivity index (χ0v) is 20.5. The molecule has 9 heteroatoms. The van der Waals surface area contributed by atoms with Crippen LogP contribution < -0.4 is 20.1 Å². The Labute approximate surface area is 209 Å². The predicted octanol–water partition coefficient (Wildman–Crippen LogP) is 3.71. The third-order valence-corrected chi connectivity index (χ3v) is 5.58. The number of benzene rings is 2. The molecular formula is C27H29N5O4. The van der Waals surface area contributed by atoms with Gasteiger partial charge >= 0.3 is 11.8 Å². The Morgan fingerprint density at radius 3 is 2.47 bits per heavy atom. The van der Waals surface area contributed by atoms with Crippen LogP contribution in [0, 0.1) is 0 Å². The first-order valence-electron chi connectivity index (χ1n) is 11.9. The summed E-state index contributed by atoms with van der Waals surface area (Å²) in [5.74, 6) is 0.515. The lowest BCUT2D eigenvalue weighted by molar-refractivity contribution is -0.139. The molecule has 0 spiro atoms. The van der Waals surface area contributed by atoms with Crippen LogP contribution >= 0.6 is 0 Å². The molecule has 0 saturated heterocycles. The number of nitrogens with one attached hydrogen (secondary N) is 2. The van der Waals surface area contributed by atoms with Gasteiger partial charge in [0.1, 0.15) is 12.1 Å². The third kappa shape index (κ3) is 5.63. The van der Waals surface area contributed by atoms with Gasteiger partial charge in [-0.1, -0.05) is 24.3 Å². The number of fused-ring (bicyclic) bond motifs is 1. The second-order valence-corrected chi connectivity index (χ2v) is 8.08. The molecule has 9 nitrogen and oxygen atoms in total. The summed E-state index contributed by atoms with van der Waals surface area (Å²) in [6.07, 6.45) is 3.39. The summed E-state index contributed by atoms with van der Waals surface area (Å²) in [6.45, 7) is 6.78. The molecule has 1 unspecified atom stereocenters. The minimum atomic E-state index is -0.720. The number of imidazole rings is 1. The van der Waals surface area contributed by atoms with Gasteiger partial charge < -0.3 is 20.1 Å². The molecular weight excluding hydrogens is 458 g/mol. The van der Waals surface area contributed by atoms with Crippen molar-refractivity contribution in [3.05, 3.63) is 78.2 Å². The van der Waals surface area contributed by atoms with E-state index in [1.165, 1.54) is 0 Å². The number of hydrogen-bond acceptors (Lipinski definition) is 6. The van der Waals surface area contributed by atoms with Gasteiger partial charge in [-0.25, -0.2) is 9.97 Å². The predicted molar refractivity (Wildman–Crippen MR) is 136 cm³/mol. The maximum absolute atomic E-state index is 12.5. The second kappa shape index (κ2) is 11.4. The molecule has 36 heavy (non-hydrogen) atoms. The van der Waals surface area contributed by atoms with E-state index in [1.807, 2.05) is 66.9 Å². The van der Waals surface area contributed by atoms with Crippen LogP contribution in [-0.2, 0) is 16.1 Å². The van der Waals surface area contributed by atoms with Crippen molar-refractivity contribution in [2.75, 3.05) is 13.2 Å². The lowest BCUT2D eigenvalue weighted by Crippen LogP contribution is -2.40. The summed E-state index contributed by atoms with van der Waals surface area (Å²) in [7, 11) is 0. The molecule has 0 aliphatic rings. The zero-order valence-electron chi connectivity index (χ0n) is 20.5. The molecule has 2 N–H and O–H groups in total. The molecule has 4 aromatic rings. The third-order valence-electron chi connectivity index (χ3n) is 5.58. The summed E-state index contributed by atoms with van der Waals surface area (Å²) >= 11 is 0. The molecule has 0 bridgehead atoms. The van der Waals surface area contributed by atoms with Crippen LogP contribution in [-0.4, -0.2) is 39.6 Å². The molecule has 4 rings (SSSR count). The van der Waals surface area contributed by atoms with Gasteiger partial charge in [-0.05, 0) is 62.2 Å². The first kappa shape index (κ1) is 24.7. The Hall–Kier alpha value is -4.40. The first-order valence-corrected chi connectivity index (χ1v) is 11.9. The number of hydrogen-bond donors (Lipinski definition) is 2. The van der Waals surface area contributed by atoms with E-state index in [4.69, 9.17) is 9.47 Å². The molecule has 2 heterocycles. The number of ether oxygens (including phenoxy) is 2. The van der Waals surface area contributed by atoms with Gasteiger partial charge in [0.25, 0.3) is 0 Å². The molecule has 186 valence electrons. The molecule has 0 saturated carbocycles. The van der Waals surface area contributed by atoms with E-state index >= 15 is 0 Å². The van der Waals surface area contributed by atoms with Crippen molar-refractivity contribution in [2.45, 2.75) is 33.4 Å². The van der Waals surface area contributed by atoms with Crippen molar-refractivity contribution in [2.24, 2.45) is 0 Å². The van der Waals surface area contributed by atoms with Gasteiger partial charge in [-0.15, -0.1) is 0 Å². The average molecular weight is 488 g/mol. The van der Waals surface area contributed by atoms with Gasteiger partial charge in [-0.3, -0.25) is 14.2 Å². The number of pyridine rings is 1. The van der Waals surface area contributed by atoms with Crippen LogP contribution in [0.4, 0.5) is 0 Å². The van der Waals surface area contributed by atoms with E-state index in [0.29, 0.717) is 30.5 Å². The zero-order chi connectivity index (χ0) is 25.5. The molecule has 2 aromatic carbocycles. The molecule has 0 fully saturated rings. The number of nitrogens with zero attached hydrogens (tertiary/aromatic N) is 3. The molecule has 0 aliphatic heterocycles. The van der Waals surface area contributed by atoms with Crippen molar-refractivity contribution in [1.82, 2.24) is 25.2 Å². The van der Waals surface area contributed by atoms with E-state index in [-0.39, 0.29) is 6.54 Å². The standard InChI is InChI=1S/C27H29N5O4/c1-4-35-23-12-11-20(14-24(23)36-5-2)18(3)31-27(34)26(33)29-16-19-10-13-25(28-15-19)32-17-30-21-8-6-7-9-22(21)32/h6-15,17-18H,4-5,16H2,1-3H3,(H,29,33)(H,31,34). The fourth-order valence-corrected chi connectivity index (χ4v) is 3.75. The van der Waals surface area contributed by atoms with Crippen LogP contribution in [0.2, 0.25) is 0 Å². The highest BCUT2D eigenvalue weighted by molar-refractivity contribution is 6.35. The SMILES string of the molecule is CCOc1ccc(C(C)NC(=O)C(=O)NCc2ccc(-n3cnc4ccccc43)nc2)cc1OCC. The number of para-hydroxylation sites is 2. The van der Waals surface area contributed by atoms with Crippen LogP contribution in [0.3, 0.4) is 0 Å². The van der Waals surface area contributed by atoms with Gasteiger partial charge in [0.15, 0.2) is 11.5 Å². The average Bonchev–Trinajstić information content (AvgIpc) is 3.33. The normalized spacial score (nSPS) is 11.6. The van der Waals surface area contributed by atoms with E-state index in [2.05, 4.69) is 20.6 Å². The van der Waals surface area contributed by atoms with Crippen LogP contribution in [0.1, 0.15) is 37.9 Å². The molecule has 1 atom stereocenters. The van der Waals surface area contributed by atoms with E-state index < -0.39 is 17.9 Å². The van der Waals surface area contributed by atoms with Crippen molar-refractivity contribution < 1.29 is 19.1 Å². The Bertz CT molecular complexity index is 1350. The minimum absolute atomic E-state index is 0.177. The summed E-state index contributed by atoms with van der Waals surface area (Å²) in [6, 6.07) is 16.6. The molecule has 0 radical (unpaired) electrons. The molecule has 2 aromatic heterocycles. The second-order valence-electron chi connectivity index (χ2n) is 8.08. The van der Waals surface area contributed by atoms with Crippen LogP contribution in [0.15, 0.2) is 67.1 Å². The van der Waals surface area contributed by atoms with Crippen molar-refractivity contribution in [1.29, 1.82) is 0 Å².